The Labute approximate surface area is 131 Å². The van der Waals surface area contributed by atoms with E-state index in [0.717, 1.165) is 20.2 Å². The van der Waals surface area contributed by atoms with E-state index in [4.69, 9.17) is 11.6 Å². The van der Waals surface area contributed by atoms with Gasteiger partial charge in [-0.1, -0.05) is 11.6 Å². The van der Waals surface area contributed by atoms with Gasteiger partial charge >= 0.3 is 0 Å². The highest BCUT2D eigenvalue weighted by Gasteiger charge is 2.16. The van der Waals surface area contributed by atoms with Crippen molar-refractivity contribution in [2.24, 2.45) is 0 Å². The Morgan fingerprint density at radius 1 is 1.38 bits per heavy atom. The number of aromatic amines is 1. The number of H-pyrrole nitrogens is 1. The van der Waals surface area contributed by atoms with Crippen molar-refractivity contribution < 1.29 is 4.79 Å². The SMILES string of the molecule is CCN(Cc1ccc(Cl)s1)C(=O)c1ccc2nc[nH]c2c1. The number of hydrogen-bond acceptors (Lipinski definition) is 3. The maximum absolute atomic E-state index is 12.6. The third kappa shape index (κ3) is 2.94. The zero-order chi connectivity index (χ0) is 14.8. The molecule has 1 amide bonds. The lowest BCUT2D eigenvalue weighted by molar-refractivity contribution is 0.0754. The Balaban J connectivity index is 1.83. The molecule has 3 rings (SSSR count). The summed E-state index contributed by atoms with van der Waals surface area (Å²) in [5, 5.41) is 0. The van der Waals surface area contributed by atoms with Crippen molar-refractivity contribution in [3.05, 3.63) is 51.4 Å². The smallest absolute Gasteiger partial charge is 0.254 e. The van der Waals surface area contributed by atoms with Crippen LogP contribution in [0.4, 0.5) is 0 Å². The van der Waals surface area contributed by atoms with Crippen molar-refractivity contribution in [2.45, 2.75) is 13.5 Å². The average molecular weight is 320 g/mol. The summed E-state index contributed by atoms with van der Waals surface area (Å²) in [4.78, 5) is 22.7. The number of hydrogen-bond donors (Lipinski definition) is 1. The molecule has 0 radical (unpaired) electrons. The van der Waals surface area contributed by atoms with Crippen LogP contribution in [0.1, 0.15) is 22.2 Å². The minimum Gasteiger partial charge on any atom is -0.345 e. The summed E-state index contributed by atoms with van der Waals surface area (Å²) in [6.07, 6.45) is 1.63. The van der Waals surface area contributed by atoms with E-state index in [2.05, 4.69) is 9.97 Å². The zero-order valence-corrected chi connectivity index (χ0v) is 13.0. The fourth-order valence-electron chi connectivity index (χ4n) is 2.20. The maximum Gasteiger partial charge on any atom is 0.254 e. The number of thiophene rings is 1. The number of aromatic nitrogens is 2. The summed E-state index contributed by atoms with van der Waals surface area (Å²) in [7, 11) is 0. The zero-order valence-electron chi connectivity index (χ0n) is 11.5. The highest BCUT2D eigenvalue weighted by Crippen LogP contribution is 2.23. The molecule has 0 fully saturated rings. The molecule has 4 nitrogen and oxygen atoms in total. The molecular weight excluding hydrogens is 306 g/mol. The Kier molecular flexibility index (Phi) is 3.94. The fraction of sp³-hybridized carbons (Fsp3) is 0.200. The molecule has 0 spiro atoms. The molecule has 6 heteroatoms. The van der Waals surface area contributed by atoms with E-state index in [1.165, 1.54) is 11.3 Å². The number of carbonyl (C=O) groups excluding carboxylic acids is 1. The molecule has 0 unspecified atom stereocenters. The van der Waals surface area contributed by atoms with Crippen LogP contribution >= 0.6 is 22.9 Å². The van der Waals surface area contributed by atoms with Crippen LogP contribution in [0, 0.1) is 0 Å². The Morgan fingerprint density at radius 2 is 2.24 bits per heavy atom. The summed E-state index contributed by atoms with van der Waals surface area (Å²) in [6.45, 7) is 3.20. The van der Waals surface area contributed by atoms with E-state index < -0.39 is 0 Å². The van der Waals surface area contributed by atoms with Gasteiger partial charge in [-0.15, -0.1) is 11.3 Å². The van der Waals surface area contributed by atoms with Crippen molar-refractivity contribution in [3.8, 4) is 0 Å². The first-order valence-corrected chi connectivity index (χ1v) is 7.83. The first-order valence-electron chi connectivity index (χ1n) is 6.64. The molecule has 0 atom stereocenters. The monoisotopic (exact) mass is 319 g/mol. The van der Waals surface area contributed by atoms with Gasteiger partial charge in [0, 0.05) is 17.0 Å². The van der Waals surface area contributed by atoms with Crippen LogP contribution < -0.4 is 0 Å². The first-order chi connectivity index (χ1) is 10.2. The van der Waals surface area contributed by atoms with Gasteiger partial charge in [-0.05, 0) is 37.3 Å². The van der Waals surface area contributed by atoms with E-state index in [9.17, 15) is 4.79 Å². The first kappa shape index (κ1) is 14.1. The van der Waals surface area contributed by atoms with Gasteiger partial charge in [0.05, 0.1) is 28.2 Å². The lowest BCUT2D eigenvalue weighted by Crippen LogP contribution is -2.29. The summed E-state index contributed by atoms with van der Waals surface area (Å²) >= 11 is 7.44. The normalized spacial score (nSPS) is 11.0. The largest absolute Gasteiger partial charge is 0.345 e. The number of carbonyl (C=O) groups is 1. The van der Waals surface area contributed by atoms with E-state index >= 15 is 0 Å². The van der Waals surface area contributed by atoms with Crippen LogP contribution in [0.2, 0.25) is 4.34 Å². The Morgan fingerprint density at radius 3 is 2.95 bits per heavy atom. The summed E-state index contributed by atoms with van der Waals surface area (Å²) in [5.41, 5.74) is 2.40. The second kappa shape index (κ2) is 5.87. The molecule has 0 aliphatic carbocycles. The van der Waals surface area contributed by atoms with Crippen molar-refractivity contribution >= 4 is 39.9 Å². The molecule has 1 aromatic carbocycles. The number of rotatable bonds is 4. The van der Waals surface area contributed by atoms with Crippen molar-refractivity contribution in [3.63, 3.8) is 0 Å². The number of nitrogens with zero attached hydrogens (tertiary/aromatic N) is 2. The van der Waals surface area contributed by atoms with Crippen molar-refractivity contribution in [2.75, 3.05) is 6.54 Å². The molecule has 21 heavy (non-hydrogen) atoms. The maximum atomic E-state index is 12.6. The van der Waals surface area contributed by atoms with Crippen LogP contribution in [-0.2, 0) is 6.54 Å². The molecule has 0 aliphatic heterocycles. The number of amides is 1. The highest BCUT2D eigenvalue weighted by molar-refractivity contribution is 7.16. The third-order valence-electron chi connectivity index (χ3n) is 3.31. The van der Waals surface area contributed by atoms with Gasteiger partial charge in [0.1, 0.15) is 0 Å². The van der Waals surface area contributed by atoms with Gasteiger partial charge in [-0.3, -0.25) is 4.79 Å². The number of halogens is 1. The Hall–Kier alpha value is -1.85. The van der Waals surface area contributed by atoms with E-state index in [0.29, 0.717) is 18.7 Å². The quantitative estimate of drug-likeness (QED) is 0.791. The predicted molar refractivity (Wildman–Crippen MR) is 85.8 cm³/mol. The molecule has 3 aromatic rings. The second-order valence-corrected chi connectivity index (χ2v) is 6.46. The fourth-order valence-corrected chi connectivity index (χ4v) is 3.31. The summed E-state index contributed by atoms with van der Waals surface area (Å²) in [5.74, 6) is 0.0125. The number of imidazole rings is 1. The topological polar surface area (TPSA) is 49.0 Å². The molecule has 0 aliphatic rings. The van der Waals surface area contributed by atoms with Crippen LogP contribution in [0.3, 0.4) is 0 Å². The van der Waals surface area contributed by atoms with Gasteiger partial charge in [0.2, 0.25) is 0 Å². The summed E-state index contributed by atoms with van der Waals surface area (Å²) < 4.78 is 0.743. The molecule has 108 valence electrons. The Bertz CT molecular complexity index is 780. The third-order valence-corrected chi connectivity index (χ3v) is 4.53. The van der Waals surface area contributed by atoms with Gasteiger partial charge in [0.25, 0.3) is 5.91 Å². The number of nitrogens with one attached hydrogen (secondary N) is 1. The molecule has 2 aromatic heterocycles. The molecule has 2 heterocycles. The second-order valence-electron chi connectivity index (χ2n) is 4.66. The van der Waals surface area contributed by atoms with Crippen molar-refractivity contribution in [1.29, 1.82) is 0 Å². The predicted octanol–water partition coefficient (Wildman–Crippen LogP) is 3.94. The molecule has 0 bridgehead atoms. The van der Waals surface area contributed by atoms with E-state index in [-0.39, 0.29) is 5.91 Å². The lowest BCUT2D eigenvalue weighted by Gasteiger charge is -2.20. The van der Waals surface area contributed by atoms with E-state index in [1.54, 1.807) is 11.2 Å². The molecular formula is C15H14ClN3OS. The van der Waals surface area contributed by atoms with Crippen LogP contribution in [0.5, 0.6) is 0 Å². The molecule has 1 N–H and O–H groups in total. The van der Waals surface area contributed by atoms with Crippen LogP contribution in [-0.4, -0.2) is 27.3 Å². The number of fused-ring (bicyclic) bond motifs is 1. The van der Waals surface area contributed by atoms with Gasteiger partial charge < -0.3 is 9.88 Å². The number of benzene rings is 1. The standard InChI is InChI=1S/C15H14ClN3OS/c1-2-19(8-11-4-6-14(16)21-11)15(20)10-3-5-12-13(7-10)18-9-17-12/h3-7,9H,2,8H2,1H3,(H,17,18). The van der Waals surface area contributed by atoms with Crippen molar-refractivity contribution in [1.82, 2.24) is 14.9 Å². The van der Waals surface area contributed by atoms with Crippen LogP contribution in [0.25, 0.3) is 11.0 Å². The van der Waals surface area contributed by atoms with Gasteiger partial charge in [-0.25, -0.2) is 4.98 Å². The van der Waals surface area contributed by atoms with Gasteiger partial charge in [0.15, 0.2) is 0 Å². The lowest BCUT2D eigenvalue weighted by atomic mass is 10.1. The average Bonchev–Trinajstić information content (AvgIpc) is 3.11. The highest BCUT2D eigenvalue weighted by atomic mass is 35.5. The van der Waals surface area contributed by atoms with Crippen LogP contribution in [0.15, 0.2) is 36.7 Å². The summed E-state index contributed by atoms with van der Waals surface area (Å²) in [6, 6.07) is 9.33. The molecule has 0 saturated carbocycles. The van der Waals surface area contributed by atoms with E-state index in [1.807, 2.05) is 37.3 Å². The molecule has 0 saturated heterocycles. The minimum atomic E-state index is 0.0125. The minimum absolute atomic E-state index is 0.0125. The van der Waals surface area contributed by atoms with Gasteiger partial charge in [-0.2, -0.15) is 0 Å².